The molecule has 37 heavy (non-hydrogen) atoms. The zero-order valence-electron chi connectivity index (χ0n) is 25.0. The quantitative estimate of drug-likeness (QED) is 0.271. The van der Waals surface area contributed by atoms with Crippen molar-refractivity contribution in [3.63, 3.8) is 0 Å². The summed E-state index contributed by atoms with van der Waals surface area (Å²) in [5.74, 6) is -4.95. The fourth-order valence-electron chi connectivity index (χ4n) is 5.66. The average Bonchev–Trinajstić information content (AvgIpc) is 2.73. The van der Waals surface area contributed by atoms with E-state index in [0.717, 1.165) is 0 Å². The lowest BCUT2D eigenvalue weighted by molar-refractivity contribution is -0.191. The van der Waals surface area contributed by atoms with Gasteiger partial charge in [-0.15, -0.1) is 0 Å². The fourth-order valence-corrected chi connectivity index (χ4v) is 8.50. The highest BCUT2D eigenvalue weighted by Gasteiger charge is 2.57. The van der Waals surface area contributed by atoms with Crippen molar-refractivity contribution in [2.75, 3.05) is 0 Å². The molecule has 2 rings (SSSR count). The molecule has 7 nitrogen and oxygen atoms in total. The summed E-state index contributed by atoms with van der Waals surface area (Å²) in [6.45, 7) is 22.0. The molecule has 0 aliphatic heterocycles. The first kappa shape index (κ1) is 32.5. The van der Waals surface area contributed by atoms with Gasteiger partial charge in [-0.1, -0.05) is 41.5 Å². The van der Waals surface area contributed by atoms with Crippen molar-refractivity contribution in [3.8, 4) is 0 Å². The van der Waals surface area contributed by atoms with Crippen molar-refractivity contribution in [1.29, 1.82) is 0 Å². The van der Waals surface area contributed by atoms with Crippen LogP contribution in [0.15, 0.2) is 0 Å². The van der Waals surface area contributed by atoms with E-state index >= 15 is 0 Å². The molecule has 2 fully saturated rings. The Hall–Kier alpha value is -0.746. The summed E-state index contributed by atoms with van der Waals surface area (Å²) < 4.78 is 13.1. The lowest BCUT2D eigenvalue weighted by Gasteiger charge is -2.46. The van der Waals surface area contributed by atoms with Gasteiger partial charge in [0.15, 0.2) is 22.2 Å². The number of carboxylic acids is 2. The number of carboxylic acid groups (broad SMARTS) is 2. The molecule has 2 aliphatic carbocycles. The molecule has 2 unspecified atom stereocenters. The van der Waals surface area contributed by atoms with Crippen molar-refractivity contribution in [1.82, 2.24) is 0 Å². The molecule has 216 valence electrons. The molecule has 0 amide bonds. The van der Waals surface area contributed by atoms with E-state index < -0.39 is 46.0 Å². The molecular formula is C28H54O7Si2. The van der Waals surface area contributed by atoms with Gasteiger partial charge >= 0.3 is 11.9 Å². The largest absolute Gasteiger partial charge is 0.481 e. The smallest absolute Gasteiger partial charge is 0.336 e. The third kappa shape index (κ3) is 7.26. The Balaban J connectivity index is 2.13. The number of hydrogen-bond acceptors (Lipinski definition) is 5. The molecule has 0 aromatic heterocycles. The van der Waals surface area contributed by atoms with Crippen LogP contribution in [0, 0.1) is 17.8 Å². The van der Waals surface area contributed by atoms with Crippen LogP contribution >= 0.6 is 0 Å². The van der Waals surface area contributed by atoms with Crippen LogP contribution in [-0.4, -0.2) is 61.7 Å². The maximum Gasteiger partial charge on any atom is 0.336 e. The van der Waals surface area contributed by atoms with Crippen LogP contribution < -0.4 is 0 Å². The average molecular weight is 559 g/mol. The molecule has 2 aliphatic rings. The first-order valence-corrected chi connectivity index (χ1v) is 20.0. The second kappa shape index (κ2) is 11.4. The second-order valence-corrected chi connectivity index (χ2v) is 24.2. The summed E-state index contributed by atoms with van der Waals surface area (Å²) in [5, 5.41) is 32.3. The number of rotatable bonds is 9. The molecule has 3 N–H and O–H groups in total. The van der Waals surface area contributed by atoms with Crippen LogP contribution in [-0.2, 0) is 18.4 Å². The molecule has 0 spiro atoms. The van der Waals surface area contributed by atoms with Gasteiger partial charge in [-0.05, 0) is 99.5 Å². The van der Waals surface area contributed by atoms with Crippen LogP contribution in [0.25, 0.3) is 0 Å². The SMILES string of the molecule is CC(C)(C)[Si](C)(C)OC1CCC(C(C(=O)O)C(O)(C(=O)O)C2CCC(O[Si](C)(C)C(C)(C)C)CC2)CC1. The summed E-state index contributed by atoms with van der Waals surface area (Å²) in [4.78, 5) is 25.1. The van der Waals surface area contributed by atoms with Crippen molar-refractivity contribution in [3.05, 3.63) is 0 Å². The summed E-state index contributed by atoms with van der Waals surface area (Å²) in [6.07, 6.45) is 4.79. The lowest BCUT2D eigenvalue weighted by Crippen LogP contribution is -2.58. The van der Waals surface area contributed by atoms with Crippen molar-refractivity contribution in [2.24, 2.45) is 17.8 Å². The Morgan fingerprint density at radius 2 is 1.05 bits per heavy atom. The van der Waals surface area contributed by atoms with Gasteiger partial charge in [0.2, 0.25) is 0 Å². The van der Waals surface area contributed by atoms with Gasteiger partial charge in [-0.2, -0.15) is 0 Å². The predicted octanol–water partition coefficient (Wildman–Crippen LogP) is 6.66. The summed E-state index contributed by atoms with van der Waals surface area (Å²) in [7, 11) is -3.92. The van der Waals surface area contributed by atoms with Crippen LogP contribution in [0.3, 0.4) is 0 Å². The normalized spacial score (nSPS) is 28.8. The molecule has 0 bridgehead atoms. The fraction of sp³-hybridized carbons (Fsp3) is 0.929. The number of aliphatic carboxylic acids is 2. The molecule has 0 radical (unpaired) electrons. The molecular weight excluding hydrogens is 504 g/mol. The van der Waals surface area contributed by atoms with Gasteiger partial charge in [-0.3, -0.25) is 4.79 Å². The molecule has 0 aromatic carbocycles. The van der Waals surface area contributed by atoms with E-state index in [1.54, 1.807) is 0 Å². The van der Waals surface area contributed by atoms with Crippen molar-refractivity contribution < 1.29 is 33.8 Å². The Morgan fingerprint density at radius 1 is 0.703 bits per heavy atom. The topological polar surface area (TPSA) is 113 Å². The zero-order valence-corrected chi connectivity index (χ0v) is 27.0. The van der Waals surface area contributed by atoms with E-state index in [4.69, 9.17) is 8.85 Å². The van der Waals surface area contributed by atoms with Gasteiger partial charge in [-0.25, -0.2) is 4.79 Å². The molecule has 0 saturated heterocycles. The summed E-state index contributed by atoms with van der Waals surface area (Å²) in [5.41, 5.74) is -2.29. The zero-order chi connectivity index (χ0) is 28.6. The Kier molecular flexibility index (Phi) is 10.00. The maximum atomic E-state index is 12.6. The minimum absolute atomic E-state index is 0.0291. The van der Waals surface area contributed by atoms with Crippen molar-refractivity contribution in [2.45, 2.75) is 147 Å². The predicted molar refractivity (Wildman–Crippen MR) is 152 cm³/mol. The molecule has 2 atom stereocenters. The van der Waals surface area contributed by atoms with E-state index in [1.165, 1.54) is 0 Å². The standard InChI is InChI=1S/C28H54O7Si2/c1-26(2,3)36(7,8)34-21-15-11-19(12-16-21)23(24(29)30)28(33,25(31)32)20-13-17-22(18-14-20)35-37(9,10)27(4,5)6/h19-23,33H,11-18H2,1-10H3,(H,29,30)(H,31,32). The van der Waals surface area contributed by atoms with Gasteiger partial charge < -0.3 is 24.2 Å². The first-order chi connectivity index (χ1) is 16.6. The van der Waals surface area contributed by atoms with Crippen LogP contribution in [0.5, 0.6) is 0 Å². The molecule has 2 saturated carbocycles. The lowest BCUT2D eigenvalue weighted by atomic mass is 9.63. The van der Waals surface area contributed by atoms with Gasteiger partial charge in [0.1, 0.15) is 0 Å². The van der Waals surface area contributed by atoms with Crippen LogP contribution in [0.2, 0.25) is 36.3 Å². The third-order valence-corrected chi connectivity index (χ3v) is 19.2. The minimum Gasteiger partial charge on any atom is -0.481 e. The number of aliphatic hydroxyl groups is 1. The number of carbonyl (C=O) groups is 2. The molecule has 0 heterocycles. The van der Waals surface area contributed by atoms with E-state index in [2.05, 4.69) is 67.7 Å². The minimum atomic E-state index is -2.29. The van der Waals surface area contributed by atoms with E-state index in [-0.39, 0.29) is 28.2 Å². The highest BCUT2D eigenvalue weighted by Crippen LogP contribution is 2.47. The Labute approximate surface area is 227 Å². The van der Waals surface area contributed by atoms with Gasteiger partial charge in [0, 0.05) is 12.2 Å². The first-order valence-electron chi connectivity index (χ1n) is 14.2. The van der Waals surface area contributed by atoms with Crippen LogP contribution in [0.4, 0.5) is 0 Å². The summed E-state index contributed by atoms with van der Waals surface area (Å²) in [6, 6.07) is 0. The highest BCUT2D eigenvalue weighted by molar-refractivity contribution is 6.74. The Morgan fingerprint density at radius 3 is 1.35 bits per heavy atom. The third-order valence-electron chi connectivity index (χ3n) is 10.1. The monoisotopic (exact) mass is 558 g/mol. The van der Waals surface area contributed by atoms with E-state index in [1.807, 2.05) is 0 Å². The molecule has 0 aromatic rings. The maximum absolute atomic E-state index is 12.6. The second-order valence-electron chi connectivity index (χ2n) is 14.7. The van der Waals surface area contributed by atoms with Crippen molar-refractivity contribution >= 4 is 28.6 Å². The van der Waals surface area contributed by atoms with E-state index in [9.17, 15) is 24.9 Å². The highest BCUT2D eigenvalue weighted by atomic mass is 28.4. The van der Waals surface area contributed by atoms with Gasteiger partial charge in [0.25, 0.3) is 0 Å². The Bertz CT molecular complexity index is 798. The van der Waals surface area contributed by atoms with Gasteiger partial charge in [0.05, 0.1) is 5.92 Å². The van der Waals surface area contributed by atoms with Crippen LogP contribution in [0.1, 0.15) is 92.9 Å². The summed E-state index contributed by atoms with van der Waals surface area (Å²) >= 11 is 0. The number of hydrogen-bond donors (Lipinski definition) is 3. The molecule has 9 heteroatoms. The van der Waals surface area contributed by atoms with E-state index in [0.29, 0.717) is 51.4 Å².